The molecule has 1 aromatic rings. The van der Waals surface area contributed by atoms with E-state index in [0.29, 0.717) is 13.1 Å². The molecule has 0 unspecified atom stereocenters. The molecule has 0 spiro atoms. The molecular formula is C17H26N2O2. The molecule has 1 N–H and O–H groups in total. The summed E-state index contributed by atoms with van der Waals surface area (Å²) in [6.07, 6.45) is 3.81. The maximum Gasteiger partial charge on any atom is 0.239 e. The van der Waals surface area contributed by atoms with E-state index in [1.54, 1.807) is 4.90 Å². The van der Waals surface area contributed by atoms with Crippen molar-refractivity contribution in [3.8, 4) is 0 Å². The number of rotatable bonds is 9. The molecule has 0 aliphatic rings. The van der Waals surface area contributed by atoms with Crippen molar-refractivity contribution >= 4 is 11.8 Å². The van der Waals surface area contributed by atoms with E-state index < -0.39 is 0 Å². The first-order valence-electron chi connectivity index (χ1n) is 7.69. The molecule has 0 aromatic heterocycles. The van der Waals surface area contributed by atoms with Crippen LogP contribution in [0.3, 0.4) is 0 Å². The maximum absolute atomic E-state index is 11.8. The summed E-state index contributed by atoms with van der Waals surface area (Å²) < 4.78 is 0. The number of nitrogens with one attached hydrogen (secondary N) is 1. The molecule has 0 fully saturated rings. The summed E-state index contributed by atoms with van der Waals surface area (Å²) in [5.74, 6) is -0.114. The van der Waals surface area contributed by atoms with Crippen LogP contribution in [0.25, 0.3) is 0 Å². The SMILES string of the molecule is CCCCN(CC(=O)NCCCc1ccccc1)C(C)=O. The van der Waals surface area contributed by atoms with Crippen molar-refractivity contribution in [1.29, 1.82) is 0 Å². The minimum atomic E-state index is -0.0747. The molecule has 0 aliphatic carbocycles. The first-order valence-corrected chi connectivity index (χ1v) is 7.69. The molecule has 2 amide bonds. The van der Waals surface area contributed by atoms with Crippen LogP contribution in [-0.4, -0.2) is 36.3 Å². The van der Waals surface area contributed by atoms with E-state index in [-0.39, 0.29) is 18.4 Å². The van der Waals surface area contributed by atoms with Crippen LogP contribution in [-0.2, 0) is 16.0 Å². The molecule has 0 radical (unpaired) electrons. The second kappa shape index (κ2) is 9.97. The highest BCUT2D eigenvalue weighted by atomic mass is 16.2. The van der Waals surface area contributed by atoms with Gasteiger partial charge >= 0.3 is 0 Å². The van der Waals surface area contributed by atoms with Crippen LogP contribution in [0.1, 0.15) is 38.7 Å². The third-order valence-corrected chi connectivity index (χ3v) is 3.37. The molecule has 0 saturated heterocycles. The predicted molar refractivity (Wildman–Crippen MR) is 84.9 cm³/mol. The Kier molecular flexibility index (Phi) is 8.17. The van der Waals surface area contributed by atoms with Crippen LogP contribution in [0.2, 0.25) is 0 Å². The van der Waals surface area contributed by atoms with Gasteiger partial charge in [0.25, 0.3) is 0 Å². The predicted octanol–water partition coefficient (Wildman–Crippen LogP) is 2.38. The van der Waals surface area contributed by atoms with Gasteiger partial charge in [-0.2, -0.15) is 0 Å². The summed E-state index contributed by atoms with van der Waals surface area (Å²) in [6, 6.07) is 10.2. The Morgan fingerprint density at radius 1 is 1.14 bits per heavy atom. The largest absolute Gasteiger partial charge is 0.355 e. The molecule has 4 nitrogen and oxygen atoms in total. The number of hydrogen-bond acceptors (Lipinski definition) is 2. The minimum absolute atomic E-state index is 0.0390. The van der Waals surface area contributed by atoms with Crippen molar-refractivity contribution < 1.29 is 9.59 Å². The van der Waals surface area contributed by atoms with E-state index in [4.69, 9.17) is 0 Å². The van der Waals surface area contributed by atoms with Gasteiger partial charge in [-0.1, -0.05) is 43.7 Å². The Morgan fingerprint density at radius 2 is 1.86 bits per heavy atom. The summed E-state index contributed by atoms with van der Waals surface area (Å²) in [4.78, 5) is 24.9. The quantitative estimate of drug-likeness (QED) is 0.710. The number of benzene rings is 1. The van der Waals surface area contributed by atoms with Crippen LogP contribution < -0.4 is 5.32 Å². The van der Waals surface area contributed by atoms with Gasteiger partial charge in [-0.3, -0.25) is 9.59 Å². The van der Waals surface area contributed by atoms with Gasteiger partial charge in [-0.05, 0) is 24.8 Å². The Morgan fingerprint density at radius 3 is 2.48 bits per heavy atom. The zero-order valence-corrected chi connectivity index (χ0v) is 13.1. The molecule has 0 atom stereocenters. The molecular weight excluding hydrogens is 264 g/mol. The Bertz CT molecular complexity index is 432. The van der Waals surface area contributed by atoms with Crippen molar-refractivity contribution in [3.63, 3.8) is 0 Å². The number of aryl methyl sites for hydroxylation is 1. The highest BCUT2D eigenvalue weighted by Crippen LogP contribution is 2.01. The van der Waals surface area contributed by atoms with Crippen LogP contribution in [0.5, 0.6) is 0 Å². The molecule has 116 valence electrons. The van der Waals surface area contributed by atoms with Gasteiger partial charge < -0.3 is 10.2 Å². The fourth-order valence-corrected chi connectivity index (χ4v) is 2.09. The van der Waals surface area contributed by atoms with Gasteiger partial charge in [0.1, 0.15) is 0 Å². The van der Waals surface area contributed by atoms with Crippen LogP contribution in [0, 0.1) is 0 Å². The van der Waals surface area contributed by atoms with Gasteiger partial charge in [0.15, 0.2) is 0 Å². The normalized spacial score (nSPS) is 10.2. The van der Waals surface area contributed by atoms with Gasteiger partial charge in [0.2, 0.25) is 11.8 Å². The summed E-state index contributed by atoms with van der Waals surface area (Å²) in [7, 11) is 0. The Labute approximate surface area is 127 Å². The number of carbonyl (C=O) groups excluding carboxylic acids is 2. The van der Waals surface area contributed by atoms with E-state index in [0.717, 1.165) is 25.7 Å². The van der Waals surface area contributed by atoms with Gasteiger partial charge in [-0.15, -0.1) is 0 Å². The van der Waals surface area contributed by atoms with E-state index in [2.05, 4.69) is 24.4 Å². The molecule has 1 rings (SSSR count). The van der Waals surface area contributed by atoms with Crippen LogP contribution >= 0.6 is 0 Å². The third kappa shape index (κ3) is 7.49. The van der Waals surface area contributed by atoms with Crippen LogP contribution in [0.4, 0.5) is 0 Å². The van der Waals surface area contributed by atoms with E-state index in [1.165, 1.54) is 12.5 Å². The molecule has 0 aliphatic heterocycles. The van der Waals surface area contributed by atoms with E-state index >= 15 is 0 Å². The van der Waals surface area contributed by atoms with Crippen molar-refractivity contribution in [1.82, 2.24) is 10.2 Å². The average Bonchev–Trinajstić information content (AvgIpc) is 2.48. The fourth-order valence-electron chi connectivity index (χ4n) is 2.09. The smallest absolute Gasteiger partial charge is 0.239 e. The zero-order chi connectivity index (χ0) is 15.5. The second-order valence-corrected chi connectivity index (χ2v) is 5.23. The Balaban J connectivity index is 2.21. The lowest BCUT2D eigenvalue weighted by molar-refractivity contribution is -0.134. The van der Waals surface area contributed by atoms with Crippen LogP contribution in [0.15, 0.2) is 30.3 Å². The highest BCUT2D eigenvalue weighted by Gasteiger charge is 2.12. The van der Waals surface area contributed by atoms with Crippen molar-refractivity contribution in [2.24, 2.45) is 0 Å². The lowest BCUT2D eigenvalue weighted by Crippen LogP contribution is -2.40. The lowest BCUT2D eigenvalue weighted by Gasteiger charge is -2.20. The topological polar surface area (TPSA) is 49.4 Å². The summed E-state index contributed by atoms with van der Waals surface area (Å²) in [5.41, 5.74) is 1.28. The maximum atomic E-state index is 11.8. The zero-order valence-electron chi connectivity index (χ0n) is 13.1. The Hall–Kier alpha value is -1.84. The molecule has 0 bridgehead atoms. The molecule has 21 heavy (non-hydrogen) atoms. The second-order valence-electron chi connectivity index (χ2n) is 5.23. The fraction of sp³-hybridized carbons (Fsp3) is 0.529. The van der Waals surface area contributed by atoms with E-state index in [1.807, 2.05) is 18.2 Å². The summed E-state index contributed by atoms with van der Waals surface area (Å²) in [6.45, 7) is 5.05. The number of amides is 2. The summed E-state index contributed by atoms with van der Waals surface area (Å²) >= 11 is 0. The first-order chi connectivity index (χ1) is 10.1. The molecule has 4 heteroatoms. The third-order valence-electron chi connectivity index (χ3n) is 3.37. The van der Waals surface area contributed by atoms with Gasteiger partial charge in [-0.25, -0.2) is 0 Å². The number of unbranched alkanes of at least 4 members (excludes halogenated alkanes) is 1. The monoisotopic (exact) mass is 290 g/mol. The molecule has 1 aromatic carbocycles. The molecule has 0 saturated carbocycles. The highest BCUT2D eigenvalue weighted by molar-refractivity contribution is 5.83. The van der Waals surface area contributed by atoms with Crippen molar-refractivity contribution in [2.75, 3.05) is 19.6 Å². The van der Waals surface area contributed by atoms with Crippen molar-refractivity contribution in [2.45, 2.75) is 39.5 Å². The average molecular weight is 290 g/mol. The number of hydrogen-bond donors (Lipinski definition) is 1. The van der Waals surface area contributed by atoms with Gasteiger partial charge in [0, 0.05) is 20.0 Å². The molecule has 0 heterocycles. The van der Waals surface area contributed by atoms with Crippen molar-refractivity contribution in [3.05, 3.63) is 35.9 Å². The summed E-state index contributed by atoms with van der Waals surface area (Å²) in [5, 5.41) is 2.88. The first kappa shape index (κ1) is 17.2. The number of carbonyl (C=O) groups is 2. The lowest BCUT2D eigenvalue weighted by atomic mass is 10.1. The van der Waals surface area contributed by atoms with Gasteiger partial charge in [0.05, 0.1) is 6.54 Å². The van der Waals surface area contributed by atoms with E-state index in [9.17, 15) is 9.59 Å². The standard InChI is InChI=1S/C17H26N2O2/c1-3-4-13-19(15(2)20)14-17(21)18-12-8-11-16-9-6-5-7-10-16/h5-7,9-10H,3-4,8,11-14H2,1-2H3,(H,18,21). The number of nitrogens with zero attached hydrogens (tertiary/aromatic N) is 1. The minimum Gasteiger partial charge on any atom is -0.355 e.